The molecule has 4 rings (SSSR count). The van der Waals surface area contributed by atoms with Gasteiger partial charge in [-0.3, -0.25) is 9.59 Å². The van der Waals surface area contributed by atoms with E-state index in [4.69, 9.17) is 16.1 Å². The van der Waals surface area contributed by atoms with E-state index in [0.717, 1.165) is 4.68 Å². The minimum absolute atomic E-state index is 0.00904. The number of rotatable bonds is 5. The van der Waals surface area contributed by atoms with Crippen molar-refractivity contribution >= 4 is 23.2 Å². The number of benzene rings is 2. The second-order valence-electron chi connectivity index (χ2n) is 6.18. The third-order valence-electron chi connectivity index (χ3n) is 4.04. The normalized spacial score (nSPS) is 10.7. The predicted octanol–water partition coefficient (Wildman–Crippen LogP) is 3.39. The molecule has 150 valence electrons. The van der Waals surface area contributed by atoms with Crippen LogP contribution in [0.15, 0.2) is 70.0 Å². The van der Waals surface area contributed by atoms with Gasteiger partial charge in [-0.1, -0.05) is 41.0 Å². The summed E-state index contributed by atoms with van der Waals surface area (Å²) in [6.45, 7) is -0.420. The van der Waals surface area contributed by atoms with Crippen molar-refractivity contribution in [2.24, 2.45) is 0 Å². The molecule has 0 radical (unpaired) electrons. The van der Waals surface area contributed by atoms with Crippen molar-refractivity contribution in [1.82, 2.24) is 19.9 Å². The average Bonchev–Trinajstić information content (AvgIpc) is 3.22. The molecule has 2 aromatic heterocycles. The molecule has 30 heavy (non-hydrogen) atoms. The molecule has 4 aromatic rings. The highest BCUT2D eigenvalue weighted by Gasteiger charge is 2.15. The molecule has 0 aliphatic rings. The number of hydrogen-bond acceptors (Lipinski definition) is 6. The van der Waals surface area contributed by atoms with Crippen LogP contribution in [0.1, 0.15) is 0 Å². The summed E-state index contributed by atoms with van der Waals surface area (Å²) < 4.78 is 19.8. The van der Waals surface area contributed by atoms with E-state index in [0.29, 0.717) is 16.4 Å². The average molecular weight is 426 g/mol. The van der Waals surface area contributed by atoms with Crippen molar-refractivity contribution in [3.8, 4) is 23.0 Å². The van der Waals surface area contributed by atoms with Crippen LogP contribution in [0.25, 0.3) is 23.0 Å². The molecular formula is C20H13ClFN5O3. The van der Waals surface area contributed by atoms with Crippen LogP contribution in [-0.4, -0.2) is 25.8 Å². The lowest BCUT2D eigenvalue weighted by Gasteiger charge is -2.07. The van der Waals surface area contributed by atoms with Crippen LogP contribution in [0.2, 0.25) is 5.02 Å². The Kier molecular flexibility index (Phi) is 5.36. The summed E-state index contributed by atoms with van der Waals surface area (Å²) in [4.78, 5) is 28.6. The number of carbonyl (C=O) groups is 1. The standard InChI is InChI=1S/C20H13ClFN5O3/c21-13-5-3-4-12(10-13)19-24-20(30-26-19)16-8-9-18(29)27(25-16)11-17(28)23-15-7-2-1-6-14(15)22/h1-10H,11H2,(H,23,28). The topological polar surface area (TPSA) is 103 Å². The van der Waals surface area contributed by atoms with Crippen molar-refractivity contribution in [2.45, 2.75) is 6.54 Å². The van der Waals surface area contributed by atoms with Crippen LogP contribution < -0.4 is 10.9 Å². The van der Waals surface area contributed by atoms with Gasteiger partial charge >= 0.3 is 0 Å². The SMILES string of the molecule is O=C(Cn1nc(-c2nc(-c3cccc(Cl)c3)no2)ccc1=O)Nc1ccccc1F. The van der Waals surface area contributed by atoms with E-state index >= 15 is 0 Å². The Morgan fingerprint density at radius 3 is 2.77 bits per heavy atom. The van der Waals surface area contributed by atoms with Gasteiger partial charge in [0.1, 0.15) is 18.1 Å². The Morgan fingerprint density at radius 2 is 1.97 bits per heavy atom. The summed E-state index contributed by atoms with van der Waals surface area (Å²) >= 11 is 5.98. The van der Waals surface area contributed by atoms with E-state index in [1.54, 1.807) is 30.3 Å². The van der Waals surface area contributed by atoms with Gasteiger partial charge in [0.25, 0.3) is 11.4 Å². The van der Waals surface area contributed by atoms with E-state index in [1.165, 1.54) is 30.3 Å². The van der Waals surface area contributed by atoms with Crippen molar-refractivity contribution in [3.63, 3.8) is 0 Å². The van der Waals surface area contributed by atoms with Crippen LogP contribution >= 0.6 is 11.6 Å². The molecule has 8 nitrogen and oxygen atoms in total. The Bertz CT molecular complexity index is 1290. The Labute approximate surface area is 173 Å². The number of nitrogens with zero attached hydrogens (tertiary/aromatic N) is 4. The maximum atomic E-state index is 13.7. The van der Waals surface area contributed by atoms with Crippen molar-refractivity contribution in [1.29, 1.82) is 0 Å². The fourth-order valence-corrected chi connectivity index (χ4v) is 2.83. The fourth-order valence-electron chi connectivity index (χ4n) is 2.64. The molecule has 0 aliphatic carbocycles. The fraction of sp³-hybridized carbons (Fsp3) is 0.0500. The lowest BCUT2D eigenvalue weighted by molar-refractivity contribution is -0.117. The summed E-state index contributed by atoms with van der Waals surface area (Å²) in [6.07, 6.45) is 0. The third-order valence-corrected chi connectivity index (χ3v) is 4.27. The van der Waals surface area contributed by atoms with Gasteiger partial charge < -0.3 is 9.84 Å². The number of nitrogens with one attached hydrogen (secondary N) is 1. The van der Waals surface area contributed by atoms with E-state index in [9.17, 15) is 14.0 Å². The second-order valence-corrected chi connectivity index (χ2v) is 6.61. The Hall–Kier alpha value is -3.85. The van der Waals surface area contributed by atoms with Crippen molar-refractivity contribution in [2.75, 3.05) is 5.32 Å². The molecule has 1 amide bonds. The highest BCUT2D eigenvalue weighted by atomic mass is 35.5. The monoisotopic (exact) mass is 425 g/mol. The number of amides is 1. The summed E-state index contributed by atoms with van der Waals surface area (Å²) in [5.74, 6) is -0.839. The van der Waals surface area contributed by atoms with Crippen molar-refractivity contribution in [3.05, 3.63) is 81.9 Å². The number of anilines is 1. The third kappa shape index (κ3) is 4.26. The van der Waals surface area contributed by atoms with Crippen LogP contribution in [0, 0.1) is 5.82 Å². The minimum atomic E-state index is -0.614. The highest BCUT2D eigenvalue weighted by Crippen LogP contribution is 2.22. The zero-order valence-corrected chi connectivity index (χ0v) is 16.0. The Balaban J connectivity index is 1.56. The summed E-state index contributed by atoms with van der Waals surface area (Å²) in [5, 5.41) is 10.9. The van der Waals surface area contributed by atoms with E-state index in [2.05, 4.69) is 20.6 Å². The molecule has 0 spiro atoms. The lowest BCUT2D eigenvalue weighted by Crippen LogP contribution is -2.29. The highest BCUT2D eigenvalue weighted by molar-refractivity contribution is 6.30. The Morgan fingerprint density at radius 1 is 1.13 bits per heavy atom. The first-order valence-corrected chi connectivity index (χ1v) is 9.10. The quantitative estimate of drug-likeness (QED) is 0.525. The van der Waals surface area contributed by atoms with Gasteiger partial charge in [-0.25, -0.2) is 9.07 Å². The summed E-state index contributed by atoms with van der Waals surface area (Å²) in [7, 11) is 0. The predicted molar refractivity (Wildman–Crippen MR) is 107 cm³/mol. The molecule has 0 fully saturated rings. The molecule has 1 N–H and O–H groups in total. The largest absolute Gasteiger partial charge is 0.332 e. The molecule has 0 atom stereocenters. The first-order chi connectivity index (χ1) is 14.5. The molecule has 2 heterocycles. The van der Waals surface area contributed by atoms with Gasteiger partial charge in [-0.2, -0.15) is 10.1 Å². The first kappa shape index (κ1) is 19.5. The molecular weight excluding hydrogens is 413 g/mol. The minimum Gasteiger partial charge on any atom is -0.332 e. The smallest absolute Gasteiger partial charge is 0.278 e. The van der Waals surface area contributed by atoms with Crippen LogP contribution in [0.3, 0.4) is 0 Å². The van der Waals surface area contributed by atoms with Crippen molar-refractivity contribution < 1.29 is 13.7 Å². The zero-order valence-electron chi connectivity index (χ0n) is 15.3. The molecule has 0 bridgehead atoms. The van der Waals surface area contributed by atoms with Gasteiger partial charge in [0, 0.05) is 16.7 Å². The van der Waals surface area contributed by atoms with Gasteiger partial charge in [0.15, 0.2) is 0 Å². The van der Waals surface area contributed by atoms with Gasteiger partial charge in [0.05, 0.1) is 5.69 Å². The molecule has 2 aromatic carbocycles. The van der Waals surface area contributed by atoms with Crippen LogP contribution in [0.4, 0.5) is 10.1 Å². The first-order valence-electron chi connectivity index (χ1n) is 8.72. The van der Waals surface area contributed by atoms with E-state index < -0.39 is 23.8 Å². The molecule has 0 saturated heterocycles. The number of hydrogen-bond donors (Lipinski definition) is 1. The molecule has 0 saturated carbocycles. The molecule has 0 aliphatic heterocycles. The number of para-hydroxylation sites is 1. The van der Waals surface area contributed by atoms with Crippen LogP contribution in [0.5, 0.6) is 0 Å². The van der Waals surface area contributed by atoms with Gasteiger partial charge in [-0.15, -0.1) is 0 Å². The number of aromatic nitrogens is 4. The number of halogens is 2. The molecule has 10 heteroatoms. The van der Waals surface area contributed by atoms with E-state index in [1.807, 2.05) is 0 Å². The maximum absolute atomic E-state index is 13.7. The van der Waals surface area contributed by atoms with E-state index in [-0.39, 0.29) is 17.3 Å². The van der Waals surface area contributed by atoms with Crippen LogP contribution in [-0.2, 0) is 11.3 Å². The maximum Gasteiger partial charge on any atom is 0.278 e. The van der Waals surface area contributed by atoms with Gasteiger partial charge in [-0.05, 0) is 30.3 Å². The lowest BCUT2D eigenvalue weighted by atomic mass is 10.2. The summed E-state index contributed by atoms with van der Waals surface area (Å²) in [6, 6.07) is 15.3. The zero-order chi connectivity index (χ0) is 21.1. The summed E-state index contributed by atoms with van der Waals surface area (Å²) in [5.41, 5.74) is 0.343. The van der Waals surface area contributed by atoms with Gasteiger partial charge in [0.2, 0.25) is 11.7 Å². The second kappa shape index (κ2) is 8.26. The molecule has 0 unspecified atom stereocenters. The number of carbonyl (C=O) groups excluding carboxylic acids is 1.